The number of carboxylic acids is 2. The van der Waals surface area contributed by atoms with Gasteiger partial charge in [-0.05, 0) is 51.2 Å². The van der Waals surface area contributed by atoms with E-state index in [1.165, 1.54) is 18.7 Å². The number of thioether (sulfide) groups is 1. The van der Waals surface area contributed by atoms with E-state index in [0.717, 1.165) is 0 Å². The van der Waals surface area contributed by atoms with Gasteiger partial charge in [0.25, 0.3) is 0 Å². The van der Waals surface area contributed by atoms with Crippen LogP contribution in [0.15, 0.2) is 0 Å². The standard InChI is InChI=1S/C18H33N5O7S/c1-10(18(29)30)21-16(27)13(6-8-31-2)23-17(28)12(5-3-4-7-19)22-15(26)11(20)9-14(24)25/h10-13H,3-9,19-20H2,1-2H3,(H,21,27)(H,22,26)(H,23,28)(H,24,25)(H,29,30). The third kappa shape index (κ3) is 12.2. The molecule has 3 amide bonds. The Labute approximate surface area is 185 Å². The fraction of sp³-hybridized carbons (Fsp3) is 0.722. The maximum atomic E-state index is 12.8. The predicted molar refractivity (Wildman–Crippen MR) is 115 cm³/mol. The van der Waals surface area contributed by atoms with Crippen molar-refractivity contribution >= 4 is 41.4 Å². The zero-order valence-electron chi connectivity index (χ0n) is 17.8. The topological polar surface area (TPSA) is 214 Å². The minimum absolute atomic E-state index is 0.205. The van der Waals surface area contributed by atoms with Crippen LogP contribution in [0.3, 0.4) is 0 Å². The molecule has 4 atom stereocenters. The molecule has 0 rings (SSSR count). The van der Waals surface area contributed by atoms with Gasteiger partial charge in [0.15, 0.2) is 0 Å². The van der Waals surface area contributed by atoms with Gasteiger partial charge < -0.3 is 37.6 Å². The molecule has 178 valence electrons. The van der Waals surface area contributed by atoms with E-state index in [0.29, 0.717) is 25.1 Å². The van der Waals surface area contributed by atoms with Crippen LogP contribution < -0.4 is 27.4 Å². The quantitative estimate of drug-likeness (QED) is 0.128. The second-order valence-electron chi connectivity index (χ2n) is 6.96. The van der Waals surface area contributed by atoms with Gasteiger partial charge in [0.05, 0.1) is 12.5 Å². The summed E-state index contributed by atoms with van der Waals surface area (Å²) in [6.07, 6.45) is 2.75. The second-order valence-corrected chi connectivity index (χ2v) is 7.95. The number of nitrogens with one attached hydrogen (secondary N) is 3. The number of hydrogen-bond acceptors (Lipinski definition) is 8. The van der Waals surface area contributed by atoms with Crippen LogP contribution in [-0.2, 0) is 24.0 Å². The van der Waals surface area contributed by atoms with Crippen LogP contribution in [0, 0.1) is 0 Å². The fourth-order valence-corrected chi connectivity index (χ4v) is 2.95. The third-order valence-corrected chi connectivity index (χ3v) is 4.93. The van der Waals surface area contributed by atoms with Gasteiger partial charge in [-0.1, -0.05) is 0 Å². The van der Waals surface area contributed by atoms with Crippen molar-refractivity contribution < 1.29 is 34.2 Å². The predicted octanol–water partition coefficient (Wildman–Crippen LogP) is -1.77. The molecule has 0 aromatic heterocycles. The number of rotatable bonds is 16. The molecule has 0 bridgehead atoms. The summed E-state index contributed by atoms with van der Waals surface area (Å²) in [5.74, 6) is -4.08. The molecule has 0 aliphatic heterocycles. The largest absolute Gasteiger partial charge is 0.481 e. The summed E-state index contributed by atoms with van der Waals surface area (Å²) in [5, 5.41) is 25.0. The van der Waals surface area contributed by atoms with Crippen molar-refractivity contribution in [2.45, 2.75) is 63.2 Å². The zero-order valence-corrected chi connectivity index (χ0v) is 18.6. The van der Waals surface area contributed by atoms with Gasteiger partial charge in [-0.15, -0.1) is 0 Å². The molecule has 0 radical (unpaired) electrons. The first kappa shape index (κ1) is 28.6. The lowest BCUT2D eigenvalue weighted by molar-refractivity contribution is -0.141. The number of hydrogen-bond donors (Lipinski definition) is 7. The van der Waals surface area contributed by atoms with Crippen LogP contribution in [-0.4, -0.2) is 82.6 Å². The summed E-state index contributed by atoms with van der Waals surface area (Å²) in [5.41, 5.74) is 11.0. The second kappa shape index (κ2) is 15.4. The average Bonchev–Trinajstić information content (AvgIpc) is 2.69. The van der Waals surface area contributed by atoms with Gasteiger partial charge in [0.2, 0.25) is 17.7 Å². The van der Waals surface area contributed by atoms with Crippen molar-refractivity contribution in [1.29, 1.82) is 0 Å². The van der Waals surface area contributed by atoms with Crippen LogP contribution in [0.1, 0.15) is 39.0 Å². The Bertz CT molecular complexity index is 634. The van der Waals surface area contributed by atoms with Crippen LogP contribution in [0.25, 0.3) is 0 Å². The molecule has 0 saturated carbocycles. The number of amides is 3. The van der Waals surface area contributed by atoms with Crippen molar-refractivity contribution in [1.82, 2.24) is 16.0 Å². The molecule has 0 aromatic rings. The van der Waals surface area contributed by atoms with E-state index in [2.05, 4.69) is 16.0 Å². The number of nitrogens with two attached hydrogens (primary N) is 2. The van der Waals surface area contributed by atoms with Crippen LogP contribution >= 0.6 is 11.8 Å². The van der Waals surface area contributed by atoms with Crippen molar-refractivity contribution in [2.75, 3.05) is 18.6 Å². The minimum atomic E-state index is -1.34. The van der Waals surface area contributed by atoms with Crippen molar-refractivity contribution in [3.05, 3.63) is 0 Å². The maximum absolute atomic E-state index is 12.8. The van der Waals surface area contributed by atoms with E-state index < -0.39 is 60.2 Å². The summed E-state index contributed by atoms with van der Waals surface area (Å²) < 4.78 is 0. The highest BCUT2D eigenvalue weighted by Gasteiger charge is 2.29. The van der Waals surface area contributed by atoms with Gasteiger partial charge in [-0.25, -0.2) is 0 Å². The van der Waals surface area contributed by atoms with E-state index in [1.807, 2.05) is 6.26 Å². The summed E-state index contributed by atoms with van der Waals surface area (Å²) in [4.78, 5) is 59.2. The number of unbranched alkanes of at least 4 members (excludes halogenated alkanes) is 1. The van der Waals surface area contributed by atoms with Gasteiger partial charge in [0.1, 0.15) is 18.1 Å². The lowest BCUT2D eigenvalue weighted by Gasteiger charge is -2.24. The zero-order chi connectivity index (χ0) is 24.0. The Balaban J connectivity index is 5.30. The first-order valence-electron chi connectivity index (χ1n) is 9.83. The molecule has 0 aliphatic carbocycles. The van der Waals surface area contributed by atoms with Gasteiger partial charge >= 0.3 is 11.9 Å². The average molecular weight is 464 g/mol. The highest BCUT2D eigenvalue weighted by atomic mass is 32.2. The molecule has 0 aromatic carbocycles. The Morgan fingerprint density at radius 3 is 1.97 bits per heavy atom. The van der Waals surface area contributed by atoms with Crippen LogP contribution in [0.4, 0.5) is 0 Å². The molecule has 0 spiro atoms. The van der Waals surface area contributed by atoms with Crippen molar-refractivity contribution in [3.8, 4) is 0 Å². The van der Waals surface area contributed by atoms with Crippen molar-refractivity contribution in [2.24, 2.45) is 11.5 Å². The summed E-state index contributed by atoms with van der Waals surface area (Å²) in [7, 11) is 0. The molecule has 12 nitrogen and oxygen atoms in total. The van der Waals surface area contributed by atoms with Crippen molar-refractivity contribution in [3.63, 3.8) is 0 Å². The normalized spacial score (nSPS) is 14.6. The highest BCUT2D eigenvalue weighted by molar-refractivity contribution is 7.98. The SMILES string of the molecule is CSCCC(NC(=O)C(CCCCN)NC(=O)C(N)CC(=O)O)C(=O)NC(C)C(=O)O. The molecule has 9 N–H and O–H groups in total. The fourth-order valence-electron chi connectivity index (χ4n) is 2.47. The minimum Gasteiger partial charge on any atom is -0.481 e. The molecule has 4 unspecified atom stereocenters. The lowest BCUT2D eigenvalue weighted by Crippen LogP contribution is -2.57. The summed E-state index contributed by atoms with van der Waals surface area (Å²) in [6.45, 7) is 1.68. The number of aliphatic carboxylic acids is 2. The van der Waals surface area contributed by atoms with Gasteiger partial charge in [0, 0.05) is 0 Å². The first-order chi connectivity index (χ1) is 14.5. The van der Waals surface area contributed by atoms with E-state index in [1.54, 1.807) is 0 Å². The number of carboxylic acid groups (broad SMARTS) is 2. The van der Waals surface area contributed by atoms with E-state index in [4.69, 9.17) is 21.7 Å². The third-order valence-electron chi connectivity index (χ3n) is 4.28. The monoisotopic (exact) mass is 463 g/mol. The number of carbonyl (C=O) groups is 5. The smallest absolute Gasteiger partial charge is 0.325 e. The molecule has 0 aliphatic rings. The van der Waals surface area contributed by atoms with E-state index in [9.17, 15) is 24.0 Å². The molecule has 0 fully saturated rings. The maximum Gasteiger partial charge on any atom is 0.325 e. The molecule has 31 heavy (non-hydrogen) atoms. The molecular formula is C18H33N5O7S. The Kier molecular flexibility index (Phi) is 14.2. The molecular weight excluding hydrogens is 430 g/mol. The Morgan fingerprint density at radius 1 is 0.903 bits per heavy atom. The van der Waals surface area contributed by atoms with E-state index >= 15 is 0 Å². The summed E-state index contributed by atoms with van der Waals surface area (Å²) >= 11 is 1.44. The number of carbonyl (C=O) groups excluding carboxylic acids is 3. The van der Waals surface area contributed by atoms with E-state index in [-0.39, 0.29) is 12.8 Å². The highest BCUT2D eigenvalue weighted by Crippen LogP contribution is 2.06. The lowest BCUT2D eigenvalue weighted by atomic mass is 10.1. The van der Waals surface area contributed by atoms with Crippen LogP contribution in [0.2, 0.25) is 0 Å². The Morgan fingerprint density at radius 2 is 1.45 bits per heavy atom. The van der Waals surface area contributed by atoms with Gasteiger partial charge in [-0.2, -0.15) is 11.8 Å². The summed E-state index contributed by atoms with van der Waals surface area (Å²) in [6, 6.07) is -4.55. The molecule has 0 saturated heterocycles. The first-order valence-corrected chi connectivity index (χ1v) is 11.2. The molecule has 0 heterocycles. The van der Waals surface area contributed by atoms with Gasteiger partial charge in [-0.3, -0.25) is 24.0 Å². The Hall–Kier alpha value is -2.38. The van der Waals surface area contributed by atoms with Crippen LogP contribution in [0.5, 0.6) is 0 Å². The molecule has 13 heteroatoms.